The number of halogens is 1. The quantitative estimate of drug-likeness (QED) is 0.727. The topological polar surface area (TPSA) is 93.9 Å². The van der Waals surface area contributed by atoms with Crippen molar-refractivity contribution in [2.24, 2.45) is 0 Å². The van der Waals surface area contributed by atoms with Gasteiger partial charge in [0.1, 0.15) is 22.0 Å². The van der Waals surface area contributed by atoms with Gasteiger partial charge in [-0.25, -0.2) is 9.18 Å². The largest absolute Gasteiger partial charge is 0.496 e. The third kappa shape index (κ3) is 5.66. The van der Waals surface area contributed by atoms with Gasteiger partial charge < -0.3 is 25.4 Å². The van der Waals surface area contributed by atoms with Crippen molar-refractivity contribution >= 4 is 29.0 Å². The fraction of sp³-hybridized carbons (Fsp3) is 0.455. The fourth-order valence-corrected chi connectivity index (χ4v) is 4.43. The molecule has 1 aromatic carbocycles. The Morgan fingerprint density at radius 2 is 2.03 bits per heavy atom. The lowest BCUT2D eigenvalue weighted by Gasteiger charge is -2.34. The Hall–Kier alpha value is -2.81. The van der Waals surface area contributed by atoms with Gasteiger partial charge in [-0.05, 0) is 57.9 Å². The van der Waals surface area contributed by atoms with Crippen LogP contribution in [0.25, 0.3) is 10.4 Å². The number of benzene rings is 1. The van der Waals surface area contributed by atoms with E-state index in [1.54, 1.807) is 11.0 Å². The van der Waals surface area contributed by atoms with Gasteiger partial charge in [0.05, 0.1) is 12.8 Å². The number of amides is 2. The first-order valence-corrected chi connectivity index (χ1v) is 10.9. The number of carbonyl (C=O) groups excluding carboxylic acids is 2. The average Bonchev–Trinajstić information content (AvgIpc) is 3.08. The molecule has 1 atom stereocenters. The van der Waals surface area contributed by atoms with Crippen molar-refractivity contribution in [1.82, 2.24) is 10.2 Å². The summed E-state index contributed by atoms with van der Waals surface area (Å²) in [6, 6.07) is 5.64. The first kappa shape index (κ1) is 22.9. The van der Waals surface area contributed by atoms with Gasteiger partial charge in [-0.15, -0.1) is 11.3 Å². The molecule has 9 heteroatoms. The number of nitrogens with one attached hydrogen (secondary N) is 1. The van der Waals surface area contributed by atoms with Crippen molar-refractivity contribution in [3.05, 3.63) is 35.0 Å². The lowest BCUT2D eigenvalue weighted by atomic mass is 10.1. The number of ether oxygens (including phenoxy) is 2. The summed E-state index contributed by atoms with van der Waals surface area (Å²) in [5.74, 6) is -0.228. The molecule has 1 aliphatic rings. The van der Waals surface area contributed by atoms with E-state index in [0.717, 1.165) is 12.8 Å². The second-order valence-electron chi connectivity index (χ2n) is 8.48. The van der Waals surface area contributed by atoms with Crippen LogP contribution in [0.3, 0.4) is 0 Å². The molecule has 0 unspecified atom stereocenters. The minimum absolute atomic E-state index is 0.206. The summed E-state index contributed by atoms with van der Waals surface area (Å²) in [5.41, 5.74) is 6.36. The summed E-state index contributed by atoms with van der Waals surface area (Å²) in [5, 5.41) is 2.97. The zero-order valence-corrected chi connectivity index (χ0v) is 19.0. The summed E-state index contributed by atoms with van der Waals surface area (Å²) >= 11 is 1.17. The van der Waals surface area contributed by atoms with Gasteiger partial charge in [0.2, 0.25) is 0 Å². The van der Waals surface area contributed by atoms with E-state index in [2.05, 4.69) is 5.32 Å². The van der Waals surface area contributed by atoms with E-state index in [-0.39, 0.29) is 18.0 Å². The summed E-state index contributed by atoms with van der Waals surface area (Å²) in [4.78, 5) is 27.8. The SMILES string of the molecule is COc1ccc(F)cc1-c1cc(N)c(C(=O)N[C@H]2CCCN(C(=O)OC(C)(C)C)C2)s1. The Morgan fingerprint density at radius 1 is 1.29 bits per heavy atom. The molecule has 2 aromatic rings. The number of anilines is 1. The molecule has 1 aliphatic heterocycles. The number of hydrogen-bond acceptors (Lipinski definition) is 6. The van der Waals surface area contributed by atoms with Gasteiger partial charge in [-0.3, -0.25) is 4.79 Å². The van der Waals surface area contributed by atoms with Crippen LogP contribution >= 0.6 is 11.3 Å². The summed E-state index contributed by atoms with van der Waals surface area (Å²) < 4.78 is 24.5. The van der Waals surface area contributed by atoms with Crippen LogP contribution in [0.4, 0.5) is 14.9 Å². The molecule has 3 rings (SSSR count). The Morgan fingerprint density at radius 3 is 2.71 bits per heavy atom. The Bertz CT molecular complexity index is 970. The molecule has 31 heavy (non-hydrogen) atoms. The minimum Gasteiger partial charge on any atom is -0.496 e. The molecular weight excluding hydrogens is 421 g/mol. The van der Waals surface area contributed by atoms with Gasteiger partial charge in [-0.2, -0.15) is 0 Å². The molecule has 7 nitrogen and oxygen atoms in total. The van der Waals surface area contributed by atoms with Crippen molar-refractivity contribution in [2.45, 2.75) is 45.3 Å². The van der Waals surface area contributed by atoms with Crippen LogP contribution < -0.4 is 15.8 Å². The van der Waals surface area contributed by atoms with E-state index in [4.69, 9.17) is 15.2 Å². The zero-order valence-electron chi connectivity index (χ0n) is 18.2. The van der Waals surface area contributed by atoms with Gasteiger partial charge in [0.15, 0.2) is 0 Å². The predicted molar refractivity (Wildman–Crippen MR) is 119 cm³/mol. The normalized spacial score (nSPS) is 16.7. The first-order chi connectivity index (χ1) is 14.6. The van der Waals surface area contributed by atoms with E-state index in [1.807, 2.05) is 20.8 Å². The molecule has 1 fully saturated rings. The molecule has 3 N–H and O–H groups in total. The van der Waals surface area contributed by atoms with Crippen molar-refractivity contribution in [1.29, 1.82) is 0 Å². The maximum Gasteiger partial charge on any atom is 0.410 e. The average molecular weight is 450 g/mol. The molecule has 1 saturated heterocycles. The number of piperidine rings is 1. The van der Waals surface area contributed by atoms with Crippen LogP contribution in [0.1, 0.15) is 43.3 Å². The highest BCUT2D eigenvalue weighted by Crippen LogP contribution is 2.38. The molecule has 0 bridgehead atoms. The molecule has 2 heterocycles. The summed E-state index contributed by atoms with van der Waals surface area (Å²) in [6.07, 6.45) is 1.12. The highest BCUT2D eigenvalue weighted by atomic mass is 32.1. The van der Waals surface area contributed by atoms with E-state index in [9.17, 15) is 14.0 Å². The first-order valence-electron chi connectivity index (χ1n) is 10.1. The number of likely N-dealkylation sites (tertiary alicyclic amines) is 1. The molecule has 0 aliphatic carbocycles. The van der Waals surface area contributed by atoms with E-state index >= 15 is 0 Å². The van der Waals surface area contributed by atoms with Gasteiger partial charge in [0, 0.05) is 29.6 Å². The van der Waals surface area contributed by atoms with Crippen LogP contribution in [0.15, 0.2) is 24.3 Å². The third-order valence-electron chi connectivity index (χ3n) is 4.80. The molecule has 0 saturated carbocycles. The zero-order chi connectivity index (χ0) is 22.8. The second kappa shape index (κ2) is 9.13. The van der Waals surface area contributed by atoms with Gasteiger partial charge in [0.25, 0.3) is 5.91 Å². The summed E-state index contributed by atoms with van der Waals surface area (Å²) in [7, 11) is 1.50. The highest BCUT2D eigenvalue weighted by Gasteiger charge is 2.29. The number of nitrogens with two attached hydrogens (primary N) is 1. The molecule has 0 radical (unpaired) electrons. The van der Waals surface area contributed by atoms with Crippen LogP contribution in [0, 0.1) is 5.82 Å². The van der Waals surface area contributed by atoms with Crippen molar-refractivity contribution in [3.63, 3.8) is 0 Å². The fourth-order valence-electron chi connectivity index (χ4n) is 3.43. The Labute approximate surface area is 185 Å². The Balaban J connectivity index is 1.71. The number of rotatable bonds is 4. The predicted octanol–water partition coefficient (Wildman–Crippen LogP) is 4.27. The van der Waals surface area contributed by atoms with Gasteiger partial charge >= 0.3 is 6.09 Å². The monoisotopic (exact) mass is 449 g/mol. The van der Waals surface area contributed by atoms with Crippen molar-refractivity contribution < 1.29 is 23.5 Å². The molecule has 1 aromatic heterocycles. The van der Waals surface area contributed by atoms with E-state index in [1.165, 1.54) is 36.6 Å². The molecule has 168 valence electrons. The number of nitrogen functional groups attached to an aromatic ring is 1. The number of thiophene rings is 1. The maximum atomic E-state index is 13.7. The number of nitrogens with zero attached hydrogens (tertiary/aromatic N) is 1. The second-order valence-corrected chi connectivity index (χ2v) is 9.53. The van der Waals surface area contributed by atoms with E-state index in [0.29, 0.717) is 39.8 Å². The molecule has 2 amide bonds. The van der Waals surface area contributed by atoms with Crippen LogP contribution in [0.2, 0.25) is 0 Å². The van der Waals surface area contributed by atoms with Crippen LogP contribution in [0.5, 0.6) is 5.75 Å². The molecule has 0 spiro atoms. The molecular formula is C22H28FN3O4S. The minimum atomic E-state index is -0.576. The van der Waals surface area contributed by atoms with Crippen LogP contribution in [-0.4, -0.2) is 48.7 Å². The van der Waals surface area contributed by atoms with Crippen LogP contribution in [-0.2, 0) is 4.74 Å². The number of hydrogen-bond donors (Lipinski definition) is 2. The van der Waals surface area contributed by atoms with Crippen molar-refractivity contribution in [3.8, 4) is 16.2 Å². The van der Waals surface area contributed by atoms with Crippen molar-refractivity contribution in [2.75, 3.05) is 25.9 Å². The lowest BCUT2D eigenvalue weighted by Crippen LogP contribution is -2.50. The smallest absolute Gasteiger partial charge is 0.410 e. The Kier molecular flexibility index (Phi) is 6.74. The summed E-state index contributed by atoms with van der Waals surface area (Å²) in [6.45, 7) is 6.42. The number of methoxy groups -OCH3 is 1. The van der Waals surface area contributed by atoms with E-state index < -0.39 is 11.4 Å². The third-order valence-corrected chi connectivity index (χ3v) is 5.99. The maximum absolute atomic E-state index is 13.7. The highest BCUT2D eigenvalue weighted by molar-refractivity contribution is 7.18. The van der Waals surface area contributed by atoms with Gasteiger partial charge in [-0.1, -0.05) is 0 Å². The standard InChI is InChI=1S/C22H28FN3O4S/c1-22(2,3)30-21(28)26-9-5-6-14(12-26)25-20(27)19-16(24)11-18(31-19)15-10-13(23)7-8-17(15)29-4/h7-8,10-11,14H,5-6,9,12,24H2,1-4H3,(H,25,27)/t14-/m0/s1. The lowest BCUT2D eigenvalue weighted by molar-refractivity contribution is 0.0186. The number of carbonyl (C=O) groups is 2.